The number of thioether (sulfide) groups is 1. The summed E-state index contributed by atoms with van der Waals surface area (Å²) < 4.78 is 0. The topological polar surface area (TPSA) is 17.1 Å². The third-order valence-corrected chi connectivity index (χ3v) is 5.20. The van der Waals surface area contributed by atoms with E-state index >= 15 is 0 Å². The highest BCUT2D eigenvalue weighted by Gasteiger charge is 2.18. The van der Waals surface area contributed by atoms with Gasteiger partial charge in [0.1, 0.15) is 0 Å². The maximum atomic E-state index is 12.7. The molecule has 0 fully saturated rings. The molecule has 0 unspecified atom stereocenters. The summed E-state index contributed by atoms with van der Waals surface area (Å²) in [6, 6.07) is 28.3. The van der Waals surface area contributed by atoms with E-state index in [1.165, 1.54) is 16.0 Å². The van der Waals surface area contributed by atoms with Crippen molar-refractivity contribution in [2.24, 2.45) is 0 Å². The van der Waals surface area contributed by atoms with Gasteiger partial charge >= 0.3 is 0 Å². The molecule has 120 valence electrons. The van der Waals surface area contributed by atoms with Crippen LogP contribution in [0.3, 0.4) is 0 Å². The highest BCUT2D eigenvalue weighted by atomic mass is 32.2. The summed E-state index contributed by atoms with van der Waals surface area (Å²) in [6.07, 6.45) is 0.493. The van der Waals surface area contributed by atoms with Crippen molar-refractivity contribution in [3.63, 3.8) is 0 Å². The maximum absolute atomic E-state index is 12.7. The molecule has 0 amide bonds. The molecular formula is C22H20OS. The number of ketones is 1. The molecule has 24 heavy (non-hydrogen) atoms. The van der Waals surface area contributed by atoms with Crippen LogP contribution < -0.4 is 0 Å². The highest BCUT2D eigenvalue weighted by molar-refractivity contribution is 7.99. The molecule has 0 aliphatic heterocycles. The average molecular weight is 332 g/mol. The highest BCUT2D eigenvalue weighted by Crippen LogP contribution is 2.38. The molecule has 3 aromatic carbocycles. The van der Waals surface area contributed by atoms with Crippen molar-refractivity contribution in [1.82, 2.24) is 0 Å². The van der Waals surface area contributed by atoms with Crippen molar-refractivity contribution >= 4 is 17.5 Å². The van der Waals surface area contributed by atoms with Crippen LogP contribution in [0, 0.1) is 6.92 Å². The van der Waals surface area contributed by atoms with E-state index in [1.54, 1.807) is 11.8 Å². The number of benzene rings is 3. The van der Waals surface area contributed by atoms with E-state index in [1.807, 2.05) is 48.5 Å². The van der Waals surface area contributed by atoms with Gasteiger partial charge in [-0.05, 0) is 24.6 Å². The second-order valence-corrected chi connectivity index (χ2v) is 7.10. The van der Waals surface area contributed by atoms with Crippen LogP contribution in [0.4, 0.5) is 0 Å². The van der Waals surface area contributed by atoms with E-state index in [2.05, 4.69) is 43.3 Å². The van der Waals surface area contributed by atoms with Gasteiger partial charge in [-0.15, -0.1) is 11.8 Å². The Kier molecular flexibility index (Phi) is 5.50. The first-order valence-electron chi connectivity index (χ1n) is 8.09. The standard InChI is InChI=1S/C22H20OS/c1-17-12-14-20(15-13-17)24-22(19-10-6-3-7-11-19)16-21(23)18-8-4-2-5-9-18/h2-15,22H,16H2,1H3/t22-/m0/s1. The fourth-order valence-electron chi connectivity index (χ4n) is 2.59. The first-order chi connectivity index (χ1) is 11.7. The van der Waals surface area contributed by atoms with Gasteiger partial charge in [0.25, 0.3) is 0 Å². The molecule has 2 heteroatoms. The van der Waals surface area contributed by atoms with Gasteiger partial charge in [0, 0.05) is 22.1 Å². The lowest BCUT2D eigenvalue weighted by molar-refractivity contribution is 0.0982. The molecule has 0 aliphatic rings. The summed E-state index contributed by atoms with van der Waals surface area (Å²) in [5, 5.41) is 0.113. The third-order valence-electron chi connectivity index (χ3n) is 3.94. The predicted octanol–water partition coefficient (Wildman–Crippen LogP) is 6.10. The van der Waals surface area contributed by atoms with Crippen molar-refractivity contribution in [3.05, 3.63) is 102 Å². The monoisotopic (exact) mass is 332 g/mol. The zero-order chi connectivity index (χ0) is 16.8. The first-order valence-corrected chi connectivity index (χ1v) is 8.97. The van der Waals surface area contributed by atoms with E-state index in [0.717, 1.165) is 5.56 Å². The third kappa shape index (κ3) is 4.36. The number of Topliss-reactive ketones (excluding diaryl/α,β-unsaturated/α-hetero) is 1. The molecule has 3 aromatic rings. The van der Waals surface area contributed by atoms with Crippen LogP contribution in [0.1, 0.15) is 33.2 Å². The first kappa shape index (κ1) is 16.5. The fraction of sp³-hybridized carbons (Fsp3) is 0.136. The van der Waals surface area contributed by atoms with Crippen LogP contribution in [-0.4, -0.2) is 5.78 Å². The zero-order valence-corrected chi connectivity index (χ0v) is 14.5. The molecule has 0 aliphatic carbocycles. The lowest BCUT2D eigenvalue weighted by atomic mass is 10.0. The number of hydrogen-bond donors (Lipinski definition) is 0. The van der Waals surface area contributed by atoms with Crippen molar-refractivity contribution in [1.29, 1.82) is 0 Å². The SMILES string of the molecule is Cc1ccc(S[C@@H](CC(=O)c2ccccc2)c2ccccc2)cc1. The summed E-state index contributed by atoms with van der Waals surface area (Å²) >= 11 is 1.75. The number of carbonyl (C=O) groups is 1. The Morgan fingerprint density at radius 1 is 0.833 bits per heavy atom. The zero-order valence-electron chi connectivity index (χ0n) is 13.7. The van der Waals surface area contributed by atoms with E-state index in [9.17, 15) is 4.79 Å². The van der Waals surface area contributed by atoms with Gasteiger partial charge in [0.15, 0.2) is 5.78 Å². The molecule has 0 N–H and O–H groups in total. The van der Waals surface area contributed by atoms with Crippen molar-refractivity contribution in [2.45, 2.75) is 23.5 Å². The minimum atomic E-state index is 0.113. The van der Waals surface area contributed by atoms with E-state index < -0.39 is 0 Å². The Labute approximate surface area is 147 Å². The molecule has 0 aromatic heterocycles. The number of aryl methyl sites for hydroxylation is 1. The van der Waals surface area contributed by atoms with Crippen molar-refractivity contribution in [2.75, 3.05) is 0 Å². The second kappa shape index (κ2) is 7.98. The van der Waals surface area contributed by atoms with E-state index in [4.69, 9.17) is 0 Å². The fourth-order valence-corrected chi connectivity index (χ4v) is 3.74. The van der Waals surface area contributed by atoms with E-state index in [-0.39, 0.29) is 11.0 Å². The summed E-state index contributed by atoms with van der Waals surface area (Å²) in [5.74, 6) is 0.184. The molecule has 1 atom stereocenters. The summed E-state index contributed by atoms with van der Waals surface area (Å²) in [4.78, 5) is 13.8. The largest absolute Gasteiger partial charge is 0.294 e. The maximum Gasteiger partial charge on any atom is 0.164 e. The van der Waals surface area contributed by atoms with Gasteiger partial charge in [-0.25, -0.2) is 0 Å². The van der Waals surface area contributed by atoms with Crippen molar-refractivity contribution < 1.29 is 4.79 Å². The van der Waals surface area contributed by atoms with Gasteiger partial charge < -0.3 is 0 Å². The molecule has 0 spiro atoms. The Hall–Kier alpha value is -2.32. The van der Waals surface area contributed by atoms with Crippen LogP contribution >= 0.6 is 11.8 Å². The number of hydrogen-bond acceptors (Lipinski definition) is 2. The molecular weight excluding hydrogens is 312 g/mol. The van der Waals surface area contributed by atoms with Gasteiger partial charge in [-0.3, -0.25) is 4.79 Å². The summed E-state index contributed by atoms with van der Waals surface area (Å²) in [5.41, 5.74) is 3.21. The van der Waals surface area contributed by atoms with Gasteiger partial charge in [0.2, 0.25) is 0 Å². The predicted molar refractivity (Wildman–Crippen MR) is 102 cm³/mol. The van der Waals surface area contributed by atoms with Crippen LogP contribution in [-0.2, 0) is 0 Å². The Bertz CT molecular complexity index is 779. The molecule has 1 nitrogen and oxygen atoms in total. The smallest absolute Gasteiger partial charge is 0.164 e. The Balaban J connectivity index is 1.82. The van der Waals surface area contributed by atoms with Crippen LogP contribution in [0.5, 0.6) is 0 Å². The van der Waals surface area contributed by atoms with Crippen LogP contribution in [0.2, 0.25) is 0 Å². The molecule has 0 saturated carbocycles. The average Bonchev–Trinajstić information content (AvgIpc) is 2.64. The van der Waals surface area contributed by atoms with Gasteiger partial charge in [0.05, 0.1) is 0 Å². The van der Waals surface area contributed by atoms with Crippen LogP contribution in [0.25, 0.3) is 0 Å². The molecule has 0 saturated heterocycles. The van der Waals surface area contributed by atoms with Gasteiger partial charge in [-0.2, -0.15) is 0 Å². The Morgan fingerprint density at radius 3 is 2.04 bits per heavy atom. The summed E-state index contributed by atoms with van der Waals surface area (Å²) in [6.45, 7) is 2.09. The molecule has 0 radical (unpaired) electrons. The second-order valence-electron chi connectivity index (χ2n) is 5.82. The van der Waals surface area contributed by atoms with Gasteiger partial charge in [-0.1, -0.05) is 78.4 Å². The number of rotatable bonds is 6. The van der Waals surface area contributed by atoms with Crippen molar-refractivity contribution in [3.8, 4) is 0 Å². The Morgan fingerprint density at radius 2 is 1.42 bits per heavy atom. The lowest BCUT2D eigenvalue weighted by Crippen LogP contribution is -2.05. The summed E-state index contributed by atoms with van der Waals surface area (Å²) in [7, 11) is 0. The molecule has 3 rings (SSSR count). The van der Waals surface area contributed by atoms with E-state index in [0.29, 0.717) is 6.42 Å². The van der Waals surface area contributed by atoms with Crippen LogP contribution in [0.15, 0.2) is 89.8 Å². The molecule has 0 bridgehead atoms. The lowest BCUT2D eigenvalue weighted by Gasteiger charge is -2.17. The normalized spacial score (nSPS) is 11.9. The minimum absolute atomic E-state index is 0.113. The number of carbonyl (C=O) groups excluding carboxylic acids is 1. The minimum Gasteiger partial charge on any atom is -0.294 e. The quantitative estimate of drug-likeness (QED) is 0.400. The molecule has 0 heterocycles.